The molecule has 20 heavy (non-hydrogen) atoms. The van der Waals surface area contributed by atoms with Crippen molar-refractivity contribution in [3.05, 3.63) is 16.3 Å². The Balaban J connectivity index is 1.82. The van der Waals surface area contributed by atoms with E-state index in [9.17, 15) is 0 Å². The third kappa shape index (κ3) is 3.05. The summed E-state index contributed by atoms with van der Waals surface area (Å²) in [6.07, 6.45) is 4.08. The summed E-state index contributed by atoms with van der Waals surface area (Å²) in [6.45, 7) is 3.67. The molecule has 5 nitrogen and oxygen atoms in total. The van der Waals surface area contributed by atoms with Crippen LogP contribution in [0.25, 0.3) is 0 Å². The molecule has 1 saturated heterocycles. The summed E-state index contributed by atoms with van der Waals surface area (Å²) in [6, 6.07) is 0.442. The molecule has 0 aromatic carbocycles. The zero-order chi connectivity index (χ0) is 13.9. The van der Waals surface area contributed by atoms with Crippen molar-refractivity contribution in [3.63, 3.8) is 0 Å². The van der Waals surface area contributed by atoms with Crippen LogP contribution in [0.1, 0.15) is 24.0 Å². The lowest BCUT2D eigenvalue weighted by Crippen LogP contribution is -2.40. The van der Waals surface area contributed by atoms with E-state index in [1.807, 2.05) is 0 Å². The van der Waals surface area contributed by atoms with E-state index in [2.05, 4.69) is 27.5 Å². The van der Waals surface area contributed by atoms with Gasteiger partial charge in [0, 0.05) is 23.7 Å². The predicted molar refractivity (Wildman–Crippen MR) is 79.4 cm³/mol. The lowest BCUT2D eigenvalue weighted by molar-refractivity contribution is 0.146. The van der Waals surface area contributed by atoms with Crippen molar-refractivity contribution < 1.29 is 4.74 Å². The number of anilines is 1. The molecular formula is C14H21ClN4O. The maximum atomic E-state index is 6.19. The number of likely N-dealkylation sites (tertiary alicyclic amines) is 1. The summed E-state index contributed by atoms with van der Waals surface area (Å²) in [5, 5.41) is 12.5. The van der Waals surface area contributed by atoms with Gasteiger partial charge in [-0.05, 0) is 39.3 Å². The Bertz CT molecular complexity index is 482. The first kappa shape index (κ1) is 14.0. The number of halogens is 1. The van der Waals surface area contributed by atoms with Crippen LogP contribution in [0.4, 0.5) is 5.82 Å². The largest absolute Gasteiger partial charge is 0.381 e. The Hall–Kier alpha value is -0.910. The molecule has 1 N–H and O–H groups in total. The van der Waals surface area contributed by atoms with Crippen molar-refractivity contribution in [2.75, 3.05) is 38.7 Å². The van der Waals surface area contributed by atoms with E-state index in [0.29, 0.717) is 17.8 Å². The maximum Gasteiger partial charge on any atom is 0.155 e. The van der Waals surface area contributed by atoms with E-state index in [-0.39, 0.29) is 0 Å². The first-order chi connectivity index (χ1) is 9.74. The monoisotopic (exact) mass is 296 g/mol. The number of nitrogens with zero attached hydrogens (tertiary/aromatic N) is 3. The highest BCUT2D eigenvalue weighted by Gasteiger charge is 2.22. The van der Waals surface area contributed by atoms with E-state index < -0.39 is 0 Å². The van der Waals surface area contributed by atoms with Gasteiger partial charge >= 0.3 is 0 Å². The van der Waals surface area contributed by atoms with Crippen LogP contribution in [-0.2, 0) is 17.6 Å². The van der Waals surface area contributed by atoms with E-state index in [1.54, 1.807) is 0 Å². The Morgan fingerprint density at radius 1 is 1.25 bits per heavy atom. The van der Waals surface area contributed by atoms with Crippen LogP contribution in [-0.4, -0.2) is 54.5 Å². The minimum Gasteiger partial charge on any atom is -0.381 e. The quantitative estimate of drug-likeness (QED) is 0.901. The van der Waals surface area contributed by atoms with Crippen molar-refractivity contribution in [3.8, 4) is 0 Å². The van der Waals surface area contributed by atoms with Gasteiger partial charge in [0.2, 0.25) is 0 Å². The molecule has 110 valence electrons. The molecular weight excluding hydrogens is 276 g/mol. The number of ether oxygens (including phenoxy) is 1. The van der Waals surface area contributed by atoms with Crippen molar-refractivity contribution in [1.29, 1.82) is 0 Å². The standard InChI is InChI=1S/C14H21ClN4O/c1-19-6-2-3-10(9-19)16-14-12-5-8-20-7-4-11(12)13(15)17-18-14/h10H,2-9H2,1H3,(H,16,18)/t10-/m1/s1. The average Bonchev–Trinajstić information content (AvgIpc) is 2.69. The first-order valence-electron chi connectivity index (χ1n) is 7.31. The number of fused-ring (bicyclic) bond motifs is 1. The van der Waals surface area contributed by atoms with Gasteiger partial charge in [-0.1, -0.05) is 11.6 Å². The van der Waals surface area contributed by atoms with Gasteiger partial charge in [0.1, 0.15) is 0 Å². The molecule has 1 aromatic heterocycles. The average molecular weight is 297 g/mol. The molecule has 1 aromatic rings. The molecule has 3 heterocycles. The molecule has 1 atom stereocenters. The Morgan fingerprint density at radius 2 is 2.05 bits per heavy atom. The molecule has 0 aliphatic carbocycles. The molecule has 6 heteroatoms. The molecule has 0 saturated carbocycles. The number of likely N-dealkylation sites (N-methyl/N-ethyl adjacent to an activating group) is 1. The van der Waals surface area contributed by atoms with Crippen LogP contribution in [0.5, 0.6) is 0 Å². The van der Waals surface area contributed by atoms with Gasteiger partial charge in [0.05, 0.1) is 13.2 Å². The number of piperidine rings is 1. The summed E-state index contributed by atoms with van der Waals surface area (Å²) < 4.78 is 5.54. The molecule has 0 amide bonds. The fourth-order valence-corrected chi connectivity index (χ4v) is 3.30. The van der Waals surface area contributed by atoms with Gasteiger partial charge in [-0.2, -0.15) is 0 Å². The maximum absolute atomic E-state index is 6.19. The number of hydrogen-bond acceptors (Lipinski definition) is 5. The molecule has 0 unspecified atom stereocenters. The van der Waals surface area contributed by atoms with E-state index in [4.69, 9.17) is 16.3 Å². The molecule has 2 aliphatic rings. The Kier molecular flexibility index (Phi) is 4.38. The SMILES string of the molecule is CN1CCC[C@@H](Nc2nnc(Cl)c3c2CCOCC3)C1. The highest BCUT2D eigenvalue weighted by molar-refractivity contribution is 6.30. The summed E-state index contributed by atoms with van der Waals surface area (Å²) in [4.78, 5) is 2.35. The van der Waals surface area contributed by atoms with Crippen LogP contribution in [0.3, 0.4) is 0 Å². The van der Waals surface area contributed by atoms with Crippen LogP contribution >= 0.6 is 11.6 Å². The van der Waals surface area contributed by atoms with Gasteiger partial charge in [-0.25, -0.2) is 0 Å². The second-order valence-electron chi connectivity index (χ2n) is 5.65. The fraction of sp³-hybridized carbons (Fsp3) is 0.714. The summed E-state index contributed by atoms with van der Waals surface area (Å²) in [5.74, 6) is 0.898. The molecule has 0 radical (unpaired) electrons. The van der Waals surface area contributed by atoms with Crippen LogP contribution in [0.2, 0.25) is 5.15 Å². The minimum atomic E-state index is 0.442. The third-order valence-electron chi connectivity index (χ3n) is 4.10. The number of nitrogens with one attached hydrogen (secondary N) is 1. The topological polar surface area (TPSA) is 50.3 Å². The van der Waals surface area contributed by atoms with E-state index >= 15 is 0 Å². The summed E-state index contributed by atoms with van der Waals surface area (Å²) in [7, 11) is 2.16. The second-order valence-corrected chi connectivity index (χ2v) is 6.01. The van der Waals surface area contributed by atoms with Crippen molar-refractivity contribution in [2.24, 2.45) is 0 Å². The predicted octanol–water partition coefficient (Wildman–Crippen LogP) is 1.75. The van der Waals surface area contributed by atoms with Crippen molar-refractivity contribution >= 4 is 17.4 Å². The number of rotatable bonds is 2. The molecule has 3 rings (SSSR count). The minimum absolute atomic E-state index is 0.442. The normalized spacial score (nSPS) is 24.0. The zero-order valence-electron chi connectivity index (χ0n) is 11.9. The first-order valence-corrected chi connectivity index (χ1v) is 7.68. The van der Waals surface area contributed by atoms with Gasteiger partial charge in [-0.15, -0.1) is 10.2 Å². The van der Waals surface area contributed by atoms with Crippen LogP contribution < -0.4 is 5.32 Å². The van der Waals surface area contributed by atoms with Gasteiger partial charge < -0.3 is 15.0 Å². The summed E-state index contributed by atoms with van der Waals surface area (Å²) >= 11 is 6.19. The Labute approximate surface area is 124 Å². The molecule has 0 spiro atoms. The van der Waals surface area contributed by atoms with E-state index in [1.165, 1.54) is 24.9 Å². The second kappa shape index (κ2) is 6.24. The van der Waals surface area contributed by atoms with Gasteiger partial charge in [0.15, 0.2) is 11.0 Å². The van der Waals surface area contributed by atoms with Crippen molar-refractivity contribution in [2.45, 2.75) is 31.7 Å². The zero-order valence-corrected chi connectivity index (χ0v) is 12.6. The smallest absolute Gasteiger partial charge is 0.155 e. The highest BCUT2D eigenvalue weighted by Crippen LogP contribution is 2.27. The molecule has 2 aliphatic heterocycles. The van der Waals surface area contributed by atoms with Gasteiger partial charge in [-0.3, -0.25) is 0 Å². The summed E-state index contributed by atoms with van der Waals surface area (Å²) in [5.41, 5.74) is 2.29. The Morgan fingerprint density at radius 3 is 2.85 bits per heavy atom. The lowest BCUT2D eigenvalue weighted by atomic mass is 10.0. The third-order valence-corrected chi connectivity index (χ3v) is 4.40. The lowest BCUT2D eigenvalue weighted by Gasteiger charge is -2.31. The highest BCUT2D eigenvalue weighted by atomic mass is 35.5. The van der Waals surface area contributed by atoms with Crippen LogP contribution in [0, 0.1) is 0 Å². The van der Waals surface area contributed by atoms with Crippen molar-refractivity contribution in [1.82, 2.24) is 15.1 Å². The number of aromatic nitrogens is 2. The van der Waals surface area contributed by atoms with Crippen LogP contribution in [0.15, 0.2) is 0 Å². The van der Waals surface area contributed by atoms with Gasteiger partial charge in [0.25, 0.3) is 0 Å². The number of hydrogen-bond donors (Lipinski definition) is 1. The molecule has 1 fully saturated rings. The fourth-order valence-electron chi connectivity index (χ4n) is 3.05. The molecule has 0 bridgehead atoms. The van der Waals surface area contributed by atoms with E-state index in [0.717, 1.165) is 37.4 Å².